The van der Waals surface area contributed by atoms with Crippen molar-refractivity contribution in [2.45, 2.75) is 45.6 Å². The van der Waals surface area contributed by atoms with Crippen LogP contribution >= 0.6 is 0 Å². The van der Waals surface area contributed by atoms with Gasteiger partial charge in [-0.2, -0.15) is 0 Å². The molecule has 0 aliphatic heterocycles. The van der Waals surface area contributed by atoms with Gasteiger partial charge < -0.3 is 10.6 Å². The van der Waals surface area contributed by atoms with Crippen molar-refractivity contribution in [2.75, 3.05) is 13.1 Å². The molecule has 1 aliphatic carbocycles. The Labute approximate surface area is 98.7 Å². The van der Waals surface area contributed by atoms with Crippen molar-refractivity contribution in [1.29, 1.82) is 0 Å². The lowest BCUT2D eigenvalue weighted by Gasteiger charge is -2.39. The fraction of sp³-hybridized carbons (Fsp3) is 0.769. The summed E-state index contributed by atoms with van der Waals surface area (Å²) in [5, 5.41) is 6.15. The van der Waals surface area contributed by atoms with Crippen LogP contribution in [0.2, 0.25) is 0 Å². The van der Waals surface area contributed by atoms with E-state index in [9.17, 15) is 4.79 Å². The minimum absolute atomic E-state index is 0.0989. The lowest BCUT2D eigenvalue weighted by atomic mass is 9.73. The molecule has 0 bridgehead atoms. The standard InChI is InChI=1S/C13H24N2O/c1-4-9-14-10-12(16)15-11-7-5-6-8-13(11,2)3/h4,11,14H,1,5-10H2,2-3H3,(H,15,16). The topological polar surface area (TPSA) is 41.1 Å². The molecule has 1 atom stereocenters. The highest BCUT2D eigenvalue weighted by molar-refractivity contribution is 5.78. The Hall–Kier alpha value is -0.830. The summed E-state index contributed by atoms with van der Waals surface area (Å²) in [6.45, 7) is 9.16. The summed E-state index contributed by atoms with van der Waals surface area (Å²) in [5.74, 6) is 0.0989. The van der Waals surface area contributed by atoms with E-state index in [1.807, 2.05) is 0 Å². The largest absolute Gasteiger partial charge is 0.352 e. The van der Waals surface area contributed by atoms with Gasteiger partial charge in [-0.3, -0.25) is 4.79 Å². The lowest BCUT2D eigenvalue weighted by molar-refractivity contribution is -0.122. The predicted octanol–water partition coefficient (Wildman–Crippen LogP) is 1.85. The highest BCUT2D eigenvalue weighted by Gasteiger charge is 2.32. The van der Waals surface area contributed by atoms with E-state index in [1.54, 1.807) is 6.08 Å². The van der Waals surface area contributed by atoms with Crippen LogP contribution in [0.5, 0.6) is 0 Å². The van der Waals surface area contributed by atoms with Crippen molar-refractivity contribution in [3.63, 3.8) is 0 Å². The van der Waals surface area contributed by atoms with Crippen LogP contribution < -0.4 is 10.6 Å². The summed E-state index contributed by atoms with van der Waals surface area (Å²) in [6.07, 6.45) is 6.60. The first kappa shape index (κ1) is 13.2. The molecule has 3 nitrogen and oxygen atoms in total. The number of nitrogens with one attached hydrogen (secondary N) is 2. The molecule has 1 saturated carbocycles. The first-order valence-electron chi connectivity index (χ1n) is 6.17. The van der Waals surface area contributed by atoms with Crippen molar-refractivity contribution in [2.24, 2.45) is 5.41 Å². The van der Waals surface area contributed by atoms with Crippen LogP contribution in [0.4, 0.5) is 0 Å². The number of carbonyl (C=O) groups excluding carboxylic acids is 1. The van der Waals surface area contributed by atoms with Crippen LogP contribution in [0.1, 0.15) is 39.5 Å². The van der Waals surface area contributed by atoms with Crippen LogP contribution in [-0.2, 0) is 4.79 Å². The zero-order chi connectivity index (χ0) is 12.0. The van der Waals surface area contributed by atoms with E-state index in [1.165, 1.54) is 19.3 Å². The minimum atomic E-state index is 0.0989. The van der Waals surface area contributed by atoms with E-state index < -0.39 is 0 Å². The molecule has 0 aromatic rings. The van der Waals surface area contributed by atoms with E-state index >= 15 is 0 Å². The summed E-state index contributed by atoms with van der Waals surface area (Å²) in [4.78, 5) is 11.7. The Balaban J connectivity index is 2.34. The van der Waals surface area contributed by atoms with Crippen molar-refractivity contribution in [1.82, 2.24) is 10.6 Å². The quantitative estimate of drug-likeness (QED) is 0.553. The maximum atomic E-state index is 11.7. The first-order chi connectivity index (χ1) is 7.56. The third kappa shape index (κ3) is 3.97. The van der Waals surface area contributed by atoms with Crippen LogP contribution in [0, 0.1) is 5.41 Å². The average Bonchev–Trinajstić information content (AvgIpc) is 2.21. The highest BCUT2D eigenvalue weighted by Crippen LogP contribution is 2.35. The summed E-state index contributed by atoms with van der Waals surface area (Å²) >= 11 is 0. The molecule has 1 amide bonds. The van der Waals surface area contributed by atoms with Gasteiger partial charge in [0.2, 0.25) is 5.91 Å². The number of hydrogen-bond acceptors (Lipinski definition) is 2. The van der Waals surface area contributed by atoms with Crippen LogP contribution in [-0.4, -0.2) is 25.0 Å². The molecular formula is C13H24N2O. The Bertz CT molecular complexity index is 248. The van der Waals surface area contributed by atoms with E-state index in [-0.39, 0.29) is 11.3 Å². The molecule has 1 fully saturated rings. The van der Waals surface area contributed by atoms with Gasteiger partial charge in [0.05, 0.1) is 6.54 Å². The van der Waals surface area contributed by atoms with Gasteiger partial charge in [-0.15, -0.1) is 6.58 Å². The summed E-state index contributed by atoms with van der Waals surface area (Å²) < 4.78 is 0. The first-order valence-corrected chi connectivity index (χ1v) is 6.17. The Morgan fingerprint density at radius 3 is 2.88 bits per heavy atom. The lowest BCUT2D eigenvalue weighted by Crippen LogP contribution is -2.49. The molecule has 0 aromatic carbocycles. The molecule has 3 heteroatoms. The smallest absolute Gasteiger partial charge is 0.234 e. The fourth-order valence-corrected chi connectivity index (χ4v) is 2.29. The van der Waals surface area contributed by atoms with Gasteiger partial charge in [-0.1, -0.05) is 32.8 Å². The van der Waals surface area contributed by atoms with Crippen molar-refractivity contribution < 1.29 is 4.79 Å². The summed E-state index contributed by atoms with van der Waals surface area (Å²) in [6, 6.07) is 0.333. The average molecular weight is 224 g/mol. The molecule has 1 rings (SSSR count). The van der Waals surface area contributed by atoms with Crippen molar-refractivity contribution in [3.05, 3.63) is 12.7 Å². The fourth-order valence-electron chi connectivity index (χ4n) is 2.29. The minimum Gasteiger partial charge on any atom is -0.352 e. The number of hydrogen-bond donors (Lipinski definition) is 2. The third-order valence-electron chi connectivity index (χ3n) is 3.42. The van der Waals surface area contributed by atoms with Crippen LogP contribution in [0.3, 0.4) is 0 Å². The maximum absolute atomic E-state index is 11.7. The molecule has 0 saturated heterocycles. The SMILES string of the molecule is C=CCNCC(=O)NC1CCCCC1(C)C. The Morgan fingerprint density at radius 2 is 2.25 bits per heavy atom. The number of amides is 1. The van der Waals surface area contributed by atoms with Gasteiger partial charge in [0.15, 0.2) is 0 Å². The normalized spacial score (nSPS) is 23.8. The second kappa shape index (κ2) is 6.04. The van der Waals surface area contributed by atoms with E-state index in [0.29, 0.717) is 19.1 Å². The Kier molecular flexibility index (Phi) is 5.00. The van der Waals surface area contributed by atoms with Crippen molar-refractivity contribution in [3.8, 4) is 0 Å². The van der Waals surface area contributed by atoms with Crippen LogP contribution in [0.15, 0.2) is 12.7 Å². The molecule has 2 N–H and O–H groups in total. The zero-order valence-corrected chi connectivity index (χ0v) is 10.5. The molecular weight excluding hydrogens is 200 g/mol. The van der Waals surface area contributed by atoms with Gasteiger partial charge in [0, 0.05) is 12.6 Å². The monoisotopic (exact) mass is 224 g/mol. The zero-order valence-electron chi connectivity index (χ0n) is 10.5. The molecule has 0 heterocycles. The van der Waals surface area contributed by atoms with Crippen molar-refractivity contribution >= 4 is 5.91 Å². The van der Waals surface area contributed by atoms with E-state index in [0.717, 1.165) is 6.42 Å². The van der Waals surface area contributed by atoms with Gasteiger partial charge >= 0.3 is 0 Å². The summed E-state index contributed by atoms with van der Waals surface area (Å²) in [7, 11) is 0. The summed E-state index contributed by atoms with van der Waals surface area (Å²) in [5.41, 5.74) is 0.242. The predicted molar refractivity (Wildman–Crippen MR) is 67.2 cm³/mol. The van der Waals surface area contributed by atoms with Gasteiger partial charge in [0.25, 0.3) is 0 Å². The molecule has 1 unspecified atom stereocenters. The third-order valence-corrected chi connectivity index (χ3v) is 3.42. The van der Waals surface area contributed by atoms with Gasteiger partial charge in [0.1, 0.15) is 0 Å². The molecule has 16 heavy (non-hydrogen) atoms. The number of carbonyl (C=O) groups is 1. The Morgan fingerprint density at radius 1 is 1.50 bits per heavy atom. The van der Waals surface area contributed by atoms with Gasteiger partial charge in [-0.05, 0) is 18.3 Å². The molecule has 92 valence electrons. The van der Waals surface area contributed by atoms with Gasteiger partial charge in [-0.25, -0.2) is 0 Å². The second-order valence-electron chi connectivity index (χ2n) is 5.27. The van der Waals surface area contributed by atoms with E-state index in [2.05, 4.69) is 31.1 Å². The second-order valence-corrected chi connectivity index (χ2v) is 5.27. The molecule has 0 aromatic heterocycles. The highest BCUT2D eigenvalue weighted by atomic mass is 16.2. The molecule has 0 radical (unpaired) electrons. The molecule has 1 aliphatic rings. The maximum Gasteiger partial charge on any atom is 0.234 e. The van der Waals surface area contributed by atoms with Crippen LogP contribution in [0.25, 0.3) is 0 Å². The van der Waals surface area contributed by atoms with E-state index in [4.69, 9.17) is 0 Å². The molecule has 0 spiro atoms. The number of rotatable bonds is 5.